The van der Waals surface area contributed by atoms with Crippen molar-refractivity contribution in [3.8, 4) is 0 Å². The molecule has 9 heteroatoms. The number of hydrogen-bond acceptors (Lipinski definition) is 4. The zero-order valence-electron chi connectivity index (χ0n) is 15.1. The lowest BCUT2D eigenvalue weighted by Gasteiger charge is -2.36. The molecule has 0 aliphatic carbocycles. The van der Waals surface area contributed by atoms with E-state index in [0.29, 0.717) is 0 Å². The average molecular weight is 385 g/mol. The molecule has 1 saturated heterocycles. The second kappa shape index (κ2) is 8.13. The van der Waals surface area contributed by atoms with Gasteiger partial charge in [-0.3, -0.25) is 9.59 Å². The summed E-state index contributed by atoms with van der Waals surface area (Å²) in [6.07, 6.45) is 1.13. The molecule has 0 bridgehead atoms. The lowest BCUT2D eigenvalue weighted by molar-refractivity contribution is -0.135. The first-order valence-corrected chi connectivity index (χ1v) is 10.3. The summed E-state index contributed by atoms with van der Waals surface area (Å²) in [4.78, 5) is 26.7. The Balaban J connectivity index is 2.07. The number of carbonyl (C=O) groups is 2. The van der Waals surface area contributed by atoms with Crippen LogP contribution in [-0.2, 0) is 14.8 Å². The Labute approximate surface area is 153 Å². The molecule has 0 saturated carbocycles. The maximum absolute atomic E-state index is 13.8. The molecule has 0 unspecified atom stereocenters. The highest BCUT2D eigenvalue weighted by Gasteiger charge is 2.32. The third-order valence-electron chi connectivity index (χ3n) is 4.36. The summed E-state index contributed by atoms with van der Waals surface area (Å²) in [5.41, 5.74) is -0.118. The van der Waals surface area contributed by atoms with Crippen LogP contribution in [0.5, 0.6) is 0 Å². The van der Waals surface area contributed by atoms with E-state index in [0.717, 1.165) is 6.26 Å². The van der Waals surface area contributed by atoms with Crippen LogP contribution >= 0.6 is 0 Å². The summed E-state index contributed by atoms with van der Waals surface area (Å²) in [5, 5.41) is 2.61. The van der Waals surface area contributed by atoms with Gasteiger partial charge in [0.2, 0.25) is 15.9 Å². The largest absolute Gasteiger partial charge is 0.340 e. The fraction of sp³-hybridized carbons (Fsp3) is 0.529. The van der Waals surface area contributed by atoms with Crippen LogP contribution in [0.1, 0.15) is 24.2 Å². The van der Waals surface area contributed by atoms with E-state index in [9.17, 15) is 22.4 Å². The zero-order chi connectivity index (χ0) is 19.5. The van der Waals surface area contributed by atoms with Crippen molar-refractivity contribution in [2.45, 2.75) is 19.9 Å². The standard InChI is InChI=1S/C17H24FN3O4S/c1-12(2)15(19-16(22)13-6-4-5-7-14(13)18)17(23)20-8-10-21(11-9-20)26(3,24)25/h4-7,12,15H,8-11H2,1-3H3,(H,19,22)/t15-/m0/s1. The van der Waals surface area contributed by atoms with Gasteiger partial charge in [-0.1, -0.05) is 26.0 Å². The van der Waals surface area contributed by atoms with Crippen LogP contribution in [0.2, 0.25) is 0 Å². The SMILES string of the molecule is CC(C)[C@H](NC(=O)c1ccccc1F)C(=O)N1CCN(S(C)(=O)=O)CC1. The molecule has 1 heterocycles. The van der Waals surface area contributed by atoms with Gasteiger partial charge in [0, 0.05) is 26.2 Å². The minimum atomic E-state index is -3.29. The number of hydrogen-bond donors (Lipinski definition) is 1. The molecule has 1 atom stereocenters. The van der Waals surface area contributed by atoms with E-state index in [1.807, 2.05) is 0 Å². The molecule has 1 aromatic rings. The lowest BCUT2D eigenvalue weighted by Crippen LogP contribution is -2.57. The minimum Gasteiger partial charge on any atom is -0.340 e. The number of benzene rings is 1. The molecule has 26 heavy (non-hydrogen) atoms. The molecule has 0 aromatic heterocycles. The van der Waals surface area contributed by atoms with Gasteiger partial charge >= 0.3 is 0 Å². The van der Waals surface area contributed by atoms with E-state index in [4.69, 9.17) is 0 Å². The van der Waals surface area contributed by atoms with E-state index in [2.05, 4.69) is 5.32 Å². The normalized spacial score (nSPS) is 17.2. The van der Waals surface area contributed by atoms with Crippen molar-refractivity contribution >= 4 is 21.8 Å². The van der Waals surface area contributed by atoms with Crippen LogP contribution in [0, 0.1) is 11.7 Å². The quantitative estimate of drug-likeness (QED) is 0.808. The number of nitrogens with one attached hydrogen (secondary N) is 1. The number of rotatable bonds is 5. The molecule has 0 radical (unpaired) electrons. The fourth-order valence-electron chi connectivity index (χ4n) is 2.81. The van der Waals surface area contributed by atoms with Gasteiger partial charge < -0.3 is 10.2 Å². The molecule has 144 valence electrons. The van der Waals surface area contributed by atoms with E-state index in [1.165, 1.54) is 27.4 Å². The summed E-state index contributed by atoms with van der Waals surface area (Å²) in [7, 11) is -3.29. The summed E-state index contributed by atoms with van der Waals surface area (Å²) in [6, 6.07) is 4.77. The van der Waals surface area contributed by atoms with Gasteiger partial charge in [-0.05, 0) is 18.1 Å². The van der Waals surface area contributed by atoms with Crippen LogP contribution in [0.3, 0.4) is 0 Å². The van der Waals surface area contributed by atoms with Crippen molar-refractivity contribution in [1.82, 2.24) is 14.5 Å². The molecule has 1 aromatic carbocycles. The van der Waals surface area contributed by atoms with Crippen LogP contribution in [-0.4, -0.2) is 67.9 Å². The Morgan fingerprint density at radius 1 is 1.12 bits per heavy atom. The van der Waals surface area contributed by atoms with Gasteiger partial charge in [-0.25, -0.2) is 12.8 Å². The van der Waals surface area contributed by atoms with Crippen LogP contribution in [0.15, 0.2) is 24.3 Å². The molecule has 1 N–H and O–H groups in total. The third-order valence-corrected chi connectivity index (χ3v) is 5.66. The minimum absolute atomic E-state index is 0.118. The van der Waals surface area contributed by atoms with Gasteiger partial charge in [0.15, 0.2) is 0 Å². The Morgan fingerprint density at radius 3 is 2.19 bits per heavy atom. The number of nitrogens with zero attached hydrogens (tertiary/aromatic N) is 2. The molecule has 7 nitrogen and oxygen atoms in total. The van der Waals surface area contributed by atoms with Crippen molar-refractivity contribution in [3.63, 3.8) is 0 Å². The molecular weight excluding hydrogens is 361 g/mol. The van der Waals surface area contributed by atoms with Crippen molar-refractivity contribution in [2.24, 2.45) is 5.92 Å². The maximum atomic E-state index is 13.8. The van der Waals surface area contributed by atoms with Gasteiger partial charge in [-0.15, -0.1) is 0 Å². The van der Waals surface area contributed by atoms with Crippen molar-refractivity contribution in [1.29, 1.82) is 0 Å². The summed E-state index contributed by atoms with van der Waals surface area (Å²) in [6.45, 7) is 4.52. The Kier molecular flexibility index (Phi) is 6.35. The van der Waals surface area contributed by atoms with Crippen molar-refractivity contribution < 1.29 is 22.4 Å². The number of sulfonamides is 1. The highest BCUT2D eigenvalue weighted by molar-refractivity contribution is 7.88. The first kappa shape index (κ1) is 20.3. The molecule has 1 aliphatic heterocycles. The zero-order valence-corrected chi connectivity index (χ0v) is 15.9. The molecule has 2 amide bonds. The number of amides is 2. The van der Waals surface area contributed by atoms with E-state index >= 15 is 0 Å². The molecule has 1 aliphatic rings. The summed E-state index contributed by atoms with van der Waals surface area (Å²) in [5.74, 6) is -1.80. The molecule has 2 rings (SSSR count). The Morgan fingerprint density at radius 2 is 1.69 bits per heavy atom. The van der Waals surface area contributed by atoms with Crippen molar-refractivity contribution in [3.05, 3.63) is 35.6 Å². The van der Waals surface area contributed by atoms with Crippen LogP contribution in [0.25, 0.3) is 0 Å². The monoisotopic (exact) mass is 385 g/mol. The number of carbonyl (C=O) groups excluding carboxylic acids is 2. The topological polar surface area (TPSA) is 86.8 Å². The first-order chi connectivity index (χ1) is 12.1. The lowest BCUT2D eigenvalue weighted by atomic mass is 10.0. The predicted octanol–water partition coefficient (Wildman–Crippen LogP) is 0.684. The second-order valence-electron chi connectivity index (χ2n) is 6.66. The number of halogens is 1. The van der Waals surface area contributed by atoms with E-state index < -0.39 is 27.8 Å². The summed E-state index contributed by atoms with van der Waals surface area (Å²) < 4.78 is 38.2. The van der Waals surface area contributed by atoms with E-state index in [-0.39, 0.29) is 43.6 Å². The van der Waals surface area contributed by atoms with Gasteiger partial charge in [0.1, 0.15) is 11.9 Å². The smallest absolute Gasteiger partial charge is 0.254 e. The maximum Gasteiger partial charge on any atom is 0.254 e. The van der Waals surface area contributed by atoms with Crippen LogP contribution < -0.4 is 5.32 Å². The average Bonchev–Trinajstić information content (AvgIpc) is 2.58. The molecule has 0 spiro atoms. The Hall–Kier alpha value is -2.00. The van der Waals surface area contributed by atoms with Crippen LogP contribution in [0.4, 0.5) is 4.39 Å². The highest BCUT2D eigenvalue weighted by Crippen LogP contribution is 2.13. The van der Waals surface area contributed by atoms with Gasteiger partial charge in [-0.2, -0.15) is 4.31 Å². The van der Waals surface area contributed by atoms with Gasteiger partial charge in [0.05, 0.1) is 11.8 Å². The molecular formula is C17H24FN3O4S. The first-order valence-electron chi connectivity index (χ1n) is 8.40. The van der Waals surface area contributed by atoms with E-state index in [1.54, 1.807) is 19.9 Å². The number of piperazine rings is 1. The third kappa shape index (κ3) is 4.79. The van der Waals surface area contributed by atoms with Gasteiger partial charge in [0.25, 0.3) is 5.91 Å². The summed E-state index contributed by atoms with van der Waals surface area (Å²) >= 11 is 0. The predicted molar refractivity (Wildman–Crippen MR) is 95.5 cm³/mol. The highest BCUT2D eigenvalue weighted by atomic mass is 32.2. The van der Waals surface area contributed by atoms with Crippen molar-refractivity contribution in [2.75, 3.05) is 32.4 Å². The molecule has 1 fully saturated rings. The second-order valence-corrected chi connectivity index (χ2v) is 8.64. The Bertz CT molecular complexity index is 774. The fourth-order valence-corrected chi connectivity index (χ4v) is 3.64.